The summed E-state index contributed by atoms with van der Waals surface area (Å²) < 4.78 is 0. The third kappa shape index (κ3) is 19.3. The molecule has 3 heteroatoms. The minimum atomic E-state index is 0.486. The predicted octanol–water partition coefficient (Wildman–Crippen LogP) is 6.97. The smallest absolute Gasteiger partial charge is 0.0275 e. The van der Waals surface area contributed by atoms with Crippen molar-refractivity contribution in [1.82, 2.24) is 4.90 Å². The van der Waals surface area contributed by atoms with Crippen molar-refractivity contribution in [2.45, 2.75) is 122 Å². The zero-order valence-electron chi connectivity index (χ0n) is 20.5. The van der Waals surface area contributed by atoms with E-state index in [-0.39, 0.29) is 0 Å². The van der Waals surface area contributed by atoms with Crippen LogP contribution in [0.15, 0.2) is 24.8 Å². The van der Waals surface area contributed by atoms with E-state index < -0.39 is 0 Å². The van der Waals surface area contributed by atoms with Gasteiger partial charge in [0.05, 0.1) is 0 Å². The van der Waals surface area contributed by atoms with Crippen molar-refractivity contribution in [3.63, 3.8) is 0 Å². The van der Waals surface area contributed by atoms with E-state index in [9.17, 15) is 0 Å². The van der Waals surface area contributed by atoms with Gasteiger partial charge in [-0.2, -0.15) is 0 Å². The van der Waals surface area contributed by atoms with Gasteiger partial charge in [0.15, 0.2) is 0 Å². The SMILES string of the molecule is C=CC(CCCCCCCC/C=C\CCCCCCCC)N(CCCN)CCCN. The van der Waals surface area contributed by atoms with E-state index in [0.29, 0.717) is 6.04 Å². The lowest BCUT2D eigenvalue weighted by atomic mass is 10.0. The van der Waals surface area contributed by atoms with Crippen molar-refractivity contribution in [3.8, 4) is 0 Å². The molecule has 0 fully saturated rings. The summed E-state index contributed by atoms with van der Waals surface area (Å²) in [4.78, 5) is 2.53. The van der Waals surface area contributed by atoms with Gasteiger partial charge in [-0.15, -0.1) is 6.58 Å². The Morgan fingerprint density at radius 3 is 1.60 bits per heavy atom. The molecule has 0 aliphatic rings. The molecule has 0 bridgehead atoms. The second kappa shape index (κ2) is 24.6. The molecule has 0 saturated carbocycles. The summed E-state index contributed by atoms with van der Waals surface area (Å²) in [7, 11) is 0. The fourth-order valence-electron chi connectivity index (χ4n) is 4.08. The fraction of sp³-hybridized carbons (Fsp3) is 0.852. The van der Waals surface area contributed by atoms with E-state index in [2.05, 4.69) is 36.6 Å². The Labute approximate surface area is 189 Å². The number of hydrogen-bond donors (Lipinski definition) is 2. The summed E-state index contributed by atoms with van der Waals surface area (Å²) in [5.41, 5.74) is 11.4. The molecule has 0 radical (unpaired) electrons. The molecule has 4 N–H and O–H groups in total. The van der Waals surface area contributed by atoms with Gasteiger partial charge in [-0.3, -0.25) is 4.90 Å². The van der Waals surface area contributed by atoms with Gasteiger partial charge in [-0.1, -0.05) is 89.4 Å². The molecule has 0 rings (SSSR count). The van der Waals surface area contributed by atoms with Gasteiger partial charge in [0.25, 0.3) is 0 Å². The Bertz CT molecular complexity index is 359. The van der Waals surface area contributed by atoms with Gasteiger partial charge >= 0.3 is 0 Å². The van der Waals surface area contributed by atoms with Gasteiger partial charge in [0, 0.05) is 6.04 Å². The highest BCUT2D eigenvalue weighted by Crippen LogP contribution is 2.15. The minimum absolute atomic E-state index is 0.486. The van der Waals surface area contributed by atoms with Crippen molar-refractivity contribution in [3.05, 3.63) is 24.8 Å². The van der Waals surface area contributed by atoms with Gasteiger partial charge < -0.3 is 11.5 Å². The number of unbranched alkanes of at least 4 members (excludes halogenated alkanes) is 12. The lowest BCUT2D eigenvalue weighted by Gasteiger charge is -2.29. The summed E-state index contributed by atoms with van der Waals surface area (Å²) in [6.07, 6.45) is 29.4. The van der Waals surface area contributed by atoms with Crippen LogP contribution in [0, 0.1) is 0 Å². The third-order valence-electron chi connectivity index (χ3n) is 6.05. The standard InChI is InChI=1S/C27H55N3/c1-3-5-6-7-8-9-10-11-12-13-14-15-16-17-18-19-22-27(4-2)30(25-20-23-28)26-21-24-29/h4,11-12,27H,2-3,5-10,13-26,28-29H2,1H3/b12-11-. The van der Waals surface area contributed by atoms with E-state index in [0.717, 1.165) is 39.0 Å². The Morgan fingerprint density at radius 1 is 0.667 bits per heavy atom. The predicted molar refractivity (Wildman–Crippen MR) is 137 cm³/mol. The molecule has 0 amide bonds. The number of rotatable bonds is 24. The molecule has 3 nitrogen and oxygen atoms in total. The Balaban J connectivity index is 3.61. The van der Waals surface area contributed by atoms with Crippen LogP contribution in [-0.4, -0.2) is 37.1 Å². The third-order valence-corrected chi connectivity index (χ3v) is 6.05. The van der Waals surface area contributed by atoms with Crippen LogP contribution in [0.3, 0.4) is 0 Å². The second-order valence-electron chi connectivity index (χ2n) is 8.85. The van der Waals surface area contributed by atoms with Gasteiger partial charge in [-0.25, -0.2) is 0 Å². The summed E-state index contributed by atoms with van der Waals surface area (Å²) in [5, 5.41) is 0. The first-order valence-corrected chi connectivity index (χ1v) is 13.2. The molecule has 30 heavy (non-hydrogen) atoms. The molecular weight excluding hydrogens is 366 g/mol. The van der Waals surface area contributed by atoms with Crippen molar-refractivity contribution >= 4 is 0 Å². The van der Waals surface area contributed by atoms with Gasteiger partial charge in [0.1, 0.15) is 0 Å². The fourth-order valence-corrected chi connectivity index (χ4v) is 4.08. The minimum Gasteiger partial charge on any atom is -0.330 e. The Hall–Kier alpha value is -0.640. The summed E-state index contributed by atoms with van der Waals surface area (Å²) in [6.45, 7) is 10.0. The highest BCUT2D eigenvalue weighted by atomic mass is 15.1. The molecule has 0 aliphatic carbocycles. The van der Waals surface area contributed by atoms with Crippen molar-refractivity contribution < 1.29 is 0 Å². The van der Waals surface area contributed by atoms with Crippen LogP contribution in [-0.2, 0) is 0 Å². The van der Waals surface area contributed by atoms with E-state index in [1.807, 2.05) is 0 Å². The first-order valence-electron chi connectivity index (χ1n) is 13.2. The highest BCUT2D eigenvalue weighted by molar-refractivity contribution is 4.88. The van der Waals surface area contributed by atoms with Gasteiger partial charge in [0.2, 0.25) is 0 Å². The normalized spacial score (nSPS) is 12.8. The molecule has 0 aromatic heterocycles. The molecule has 0 saturated heterocycles. The van der Waals surface area contributed by atoms with Crippen LogP contribution in [0.2, 0.25) is 0 Å². The molecule has 178 valence electrons. The number of nitrogens with two attached hydrogens (primary N) is 2. The van der Waals surface area contributed by atoms with E-state index in [4.69, 9.17) is 11.5 Å². The quantitative estimate of drug-likeness (QED) is 0.131. The number of allylic oxidation sites excluding steroid dienone is 2. The largest absolute Gasteiger partial charge is 0.330 e. The lowest BCUT2D eigenvalue weighted by molar-refractivity contribution is 0.214. The molecule has 1 atom stereocenters. The maximum absolute atomic E-state index is 5.71. The zero-order chi connectivity index (χ0) is 22.1. The number of hydrogen-bond acceptors (Lipinski definition) is 3. The highest BCUT2D eigenvalue weighted by Gasteiger charge is 2.14. The maximum Gasteiger partial charge on any atom is 0.0275 e. The number of nitrogens with zero attached hydrogens (tertiary/aromatic N) is 1. The van der Waals surface area contributed by atoms with Crippen molar-refractivity contribution in [1.29, 1.82) is 0 Å². The average molecular weight is 422 g/mol. The summed E-state index contributed by atoms with van der Waals surface area (Å²) in [5.74, 6) is 0. The van der Waals surface area contributed by atoms with E-state index in [1.54, 1.807) is 0 Å². The second-order valence-corrected chi connectivity index (χ2v) is 8.85. The topological polar surface area (TPSA) is 55.3 Å². The van der Waals surface area contributed by atoms with Crippen LogP contribution in [0.1, 0.15) is 116 Å². The Morgan fingerprint density at radius 2 is 1.13 bits per heavy atom. The van der Waals surface area contributed by atoms with Gasteiger partial charge in [-0.05, 0) is 71.1 Å². The maximum atomic E-state index is 5.71. The average Bonchev–Trinajstić information content (AvgIpc) is 2.76. The van der Waals surface area contributed by atoms with Crippen LogP contribution < -0.4 is 11.5 Å². The molecule has 0 heterocycles. The van der Waals surface area contributed by atoms with Crippen LogP contribution in [0.4, 0.5) is 0 Å². The summed E-state index contributed by atoms with van der Waals surface area (Å²) in [6, 6.07) is 0.486. The van der Waals surface area contributed by atoms with Crippen molar-refractivity contribution in [2.24, 2.45) is 11.5 Å². The molecule has 0 aromatic rings. The first-order chi connectivity index (χ1) is 14.8. The zero-order valence-corrected chi connectivity index (χ0v) is 20.5. The molecule has 0 aromatic carbocycles. The monoisotopic (exact) mass is 421 g/mol. The van der Waals surface area contributed by atoms with Crippen molar-refractivity contribution in [2.75, 3.05) is 26.2 Å². The van der Waals surface area contributed by atoms with Crippen LogP contribution >= 0.6 is 0 Å². The molecular formula is C27H55N3. The lowest BCUT2D eigenvalue weighted by Crippen LogP contribution is -2.37. The Kier molecular flexibility index (Phi) is 24.1. The summed E-state index contributed by atoms with van der Waals surface area (Å²) >= 11 is 0. The van der Waals surface area contributed by atoms with E-state index in [1.165, 1.54) is 96.3 Å². The molecule has 1 unspecified atom stereocenters. The van der Waals surface area contributed by atoms with E-state index >= 15 is 0 Å². The van der Waals surface area contributed by atoms with Crippen LogP contribution in [0.25, 0.3) is 0 Å². The van der Waals surface area contributed by atoms with Crippen LogP contribution in [0.5, 0.6) is 0 Å². The molecule has 0 spiro atoms. The first kappa shape index (κ1) is 29.4. The molecule has 0 aliphatic heterocycles.